The molecule has 0 aliphatic rings. The second-order valence-electron chi connectivity index (χ2n) is 2.75. The normalized spacial score (nSPS) is 9.29. The first-order valence-corrected chi connectivity index (χ1v) is 4.78. The number of nitrogens with zero attached hydrogens (tertiary/aromatic N) is 1. The molecule has 2 amide bonds. The van der Waals surface area contributed by atoms with E-state index in [0.717, 1.165) is 23.8 Å². The lowest BCUT2D eigenvalue weighted by atomic mass is 10.3. The van der Waals surface area contributed by atoms with E-state index in [9.17, 15) is 9.59 Å². The van der Waals surface area contributed by atoms with Crippen LogP contribution in [0.4, 0.5) is 4.79 Å². The minimum atomic E-state index is -0.592. The van der Waals surface area contributed by atoms with Crippen molar-refractivity contribution in [3.63, 3.8) is 0 Å². The lowest BCUT2D eigenvalue weighted by molar-refractivity contribution is -0.124. The van der Waals surface area contributed by atoms with E-state index < -0.39 is 12.0 Å². The van der Waals surface area contributed by atoms with Crippen molar-refractivity contribution in [2.24, 2.45) is 0 Å². The maximum Gasteiger partial charge on any atom is 0.416 e. The highest BCUT2D eigenvalue weighted by Crippen LogP contribution is 2.00. The number of imide groups is 1. The molecule has 0 rings (SSSR count). The van der Waals surface area contributed by atoms with Crippen molar-refractivity contribution < 1.29 is 14.3 Å². The molecule has 80 valence electrons. The molecule has 0 unspecified atom stereocenters. The summed E-state index contributed by atoms with van der Waals surface area (Å²) in [6.07, 6.45) is 2.22. The highest BCUT2D eigenvalue weighted by atomic mass is 16.6. The third kappa shape index (κ3) is 4.07. The third-order valence-electron chi connectivity index (χ3n) is 1.66. The van der Waals surface area contributed by atoms with Crippen LogP contribution in [-0.4, -0.2) is 30.1 Å². The maximum atomic E-state index is 11.3. The fourth-order valence-corrected chi connectivity index (χ4v) is 0.919. The molecule has 0 saturated carbocycles. The molecule has 0 bridgehead atoms. The van der Waals surface area contributed by atoms with Gasteiger partial charge in [0.15, 0.2) is 0 Å². The fraction of sp³-hybridized carbons (Fsp3) is 0.600. The molecule has 0 aliphatic carbocycles. The average molecular weight is 199 g/mol. The van der Waals surface area contributed by atoms with Gasteiger partial charge < -0.3 is 4.74 Å². The molecule has 0 aliphatic heterocycles. The zero-order valence-corrected chi connectivity index (χ0v) is 8.78. The Balaban J connectivity index is 4.29. The van der Waals surface area contributed by atoms with E-state index in [4.69, 9.17) is 4.74 Å². The molecule has 0 spiro atoms. The van der Waals surface area contributed by atoms with E-state index >= 15 is 0 Å². The van der Waals surface area contributed by atoms with Crippen LogP contribution >= 0.6 is 0 Å². The number of rotatable bonds is 5. The Morgan fingerprint density at radius 1 is 1.43 bits per heavy atom. The Hall–Kier alpha value is -1.32. The molecule has 0 fully saturated rings. The van der Waals surface area contributed by atoms with Gasteiger partial charge >= 0.3 is 6.09 Å². The summed E-state index contributed by atoms with van der Waals surface area (Å²) in [4.78, 5) is 23.6. The second-order valence-corrected chi connectivity index (χ2v) is 2.75. The molecule has 0 saturated heterocycles. The van der Waals surface area contributed by atoms with E-state index in [-0.39, 0.29) is 6.61 Å². The Kier molecular flexibility index (Phi) is 6.45. The van der Waals surface area contributed by atoms with Gasteiger partial charge in [0.25, 0.3) is 5.91 Å². The number of unbranched alkanes of at least 4 members (excludes halogenated alkanes) is 1. The molecule has 4 nitrogen and oxygen atoms in total. The Labute approximate surface area is 84.5 Å². The number of carbonyl (C=O) groups is 2. The van der Waals surface area contributed by atoms with Gasteiger partial charge in [-0.05, 0) is 19.4 Å². The molecule has 0 aromatic rings. The van der Waals surface area contributed by atoms with Crippen molar-refractivity contribution >= 4 is 12.0 Å². The highest BCUT2D eigenvalue weighted by molar-refractivity contribution is 5.98. The van der Waals surface area contributed by atoms with Gasteiger partial charge in [0.05, 0.1) is 6.61 Å². The maximum absolute atomic E-state index is 11.3. The van der Waals surface area contributed by atoms with Crippen LogP contribution in [0.2, 0.25) is 0 Å². The second kappa shape index (κ2) is 7.12. The molecule has 0 heterocycles. The van der Waals surface area contributed by atoms with E-state index in [1.807, 2.05) is 6.92 Å². The number of carbonyl (C=O) groups excluding carboxylic acids is 2. The van der Waals surface area contributed by atoms with Crippen molar-refractivity contribution in [1.29, 1.82) is 0 Å². The molecule has 0 aromatic heterocycles. The van der Waals surface area contributed by atoms with Crippen LogP contribution in [0.5, 0.6) is 0 Å². The summed E-state index contributed by atoms with van der Waals surface area (Å²) in [5, 5.41) is 0. The minimum absolute atomic E-state index is 0.270. The number of hydrogen-bond acceptors (Lipinski definition) is 3. The quantitative estimate of drug-likeness (QED) is 0.636. The van der Waals surface area contributed by atoms with Gasteiger partial charge in [-0.2, -0.15) is 0 Å². The first-order chi connectivity index (χ1) is 6.67. The number of amides is 2. The van der Waals surface area contributed by atoms with Crippen molar-refractivity contribution in [2.75, 3.05) is 13.2 Å². The zero-order valence-electron chi connectivity index (χ0n) is 8.78. The van der Waals surface area contributed by atoms with Gasteiger partial charge in [-0.15, -0.1) is 0 Å². The van der Waals surface area contributed by atoms with Crippen LogP contribution in [0, 0.1) is 0 Å². The predicted molar refractivity (Wildman–Crippen MR) is 53.8 cm³/mol. The SMILES string of the molecule is C=CC(=O)N(CCCC)C(=O)OCC. The van der Waals surface area contributed by atoms with Crippen LogP contribution in [-0.2, 0) is 9.53 Å². The topological polar surface area (TPSA) is 46.6 Å². The first kappa shape index (κ1) is 12.7. The first-order valence-electron chi connectivity index (χ1n) is 4.78. The van der Waals surface area contributed by atoms with E-state index in [0.29, 0.717) is 6.54 Å². The highest BCUT2D eigenvalue weighted by Gasteiger charge is 2.18. The minimum Gasteiger partial charge on any atom is -0.449 e. The molecule has 0 atom stereocenters. The van der Waals surface area contributed by atoms with Crippen LogP contribution in [0.15, 0.2) is 12.7 Å². The summed E-state index contributed by atoms with van der Waals surface area (Å²) in [5.74, 6) is -0.406. The lowest BCUT2D eigenvalue weighted by Gasteiger charge is -2.17. The Morgan fingerprint density at radius 3 is 2.50 bits per heavy atom. The summed E-state index contributed by atoms with van der Waals surface area (Å²) in [6, 6.07) is 0. The van der Waals surface area contributed by atoms with Gasteiger partial charge in [0.1, 0.15) is 0 Å². The summed E-state index contributed by atoms with van der Waals surface area (Å²) in [7, 11) is 0. The van der Waals surface area contributed by atoms with Gasteiger partial charge in [-0.3, -0.25) is 4.79 Å². The van der Waals surface area contributed by atoms with Gasteiger partial charge in [-0.1, -0.05) is 19.9 Å². The fourth-order valence-electron chi connectivity index (χ4n) is 0.919. The van der Waals surface area contributed by atoms with Gasteiger partial charge in [0.2, 0.25) is 0 Å². The standard InChI is InChI=1S/C10H17NO3/c1-4-7-8-11(9(12)5-2)10(13)14-6-3/h5H,2,4,6-8H2,1,3H3. The molecule has 4 heteroatoms. The van der Waals surface area contributed by atoms with Crippen molar-refractivity contribution in [1.82, 2.24) is 4.90 Å². The summed E-state index contributed by atoms with van der Waals surface area (Å²) >= 11 is 0. The Bertz CT molecular complexity index is 213. The van der Waals surface area contributed by atoms with Crippen LogP contribution in [0.1, 0.15) is 26.7 Å². The summed E-state index contributed by atoms with van der Waals surface area (Å²) < 4.78 is 4.74. The molecular formula is C10H17NO3. The molecule has 14 heavy (non-hydrogen) atoms. The predicted octanol–water partition coefficient (Wildman–Crippen LogP) is 1.96. The molecular weight excluding hydrogens is 182 g/mol. The molecule has 0 radical (unpaired) electrons. The van der Waals surface area contributed by atoms with Crippen LogP contribution in [0.3, 0.4) is 0 Å². The number of ether oxygens (including phenoxy) is 1. The van der Waals surface area contributed by atoms with E-state index in [1.54, 1.807) is 6.92 Å². The molecule has 0 N–H and O–H groups in total. The third-order valence-corrected chi connectivity index (χ3v) is 1.66. The largest absolute Gasteiger partial charge is 0.449 e. The summed E-state index contributed by atoms with van der Waals surface area (Å²) in [6.45, 7) is 7.68. The lowest BCUT2D eigenvalue weighted by Crippen LogP contribution is -2.36. The zero-order chi connectivity index (χ0) is 11.0. The number of hydrogen-bond donors (Lipinski definition) is 0. The monoisotopic (exact) mass is 199 g/mol. The van der Waals surface area contributed by atoms with Gasteiger partial charge in [0, 0.05) is 6.54 Å². The Morgan fingerprint density at radius 2 is 2.07 bits per heavy atom. The average Bonchev–Trinajstić information content (AvgIpc) is 2.18. The smallest absolute Gasteiger partial charge is 0.416 e. The van der Waals surface area contributed by atoms with E-state index in [2.05, 4.69) is 6.58 Å². The van der Waals surface area contributed by atoms with Gasteiger partial charge in [-0.25, -0.2) is 9.69 Å². The van der Waals surface area contributed by atoms with Crippen molar-refractivity contribution in [3.8, 4) is 0 Å². The van der Waals surface area contributed by atoms with Crippen LogP contribution < -0.4 is 0 Å². The van der Waals surface area contributed by atoms with Crippen molar-refractivity contribution in [2.45, 2.75) is 26.7 Å². The van der Waals surface area contributed by atoms with E-state index in [1.165, 1.54) is 0 Å². The van der Waals surface area contributed by atoms with Crippen LogP contribution in [0.25, 0.3) is 0 Å². The summed E-state index contributed by atoms with van der Waals surface area (Å²) in [5.41, 5.74) is 0. The molecule has 0 aromatic carbocycles. The van der Waals surface area contributed by atoms with Crippen molar-refractivity contribution in [3.05, 3.63) is 12.7 Å².